The lowest BCUT2D eigenvalue weighted by Gasteiger charge is -2.16. The number of amides is 1. The molecule has 0 heterocycles. The van der Waals surface area contributed by atoms with Crippen molar-refractivity contribution in [2.24, 2.45) is 0 Å². The van der Waals surface area contributed by atoms with Crippen molar-refractivity contribution in [1.82, 2.24) is 15.1 Å². The van der Waals surface area contributed by atoms with Crippen LogP contribution in [-0.4, -0.2) is 76.7 Å². The van der Waals surface area contributed by atoms with Gasteiger partial charge in [-0.2, -0.15) is 0 Å². The van der Waals surface area contributed by atoms with Crippen LogP contribution in [0.15, 0.2) is 0 Å². The number of hydrogen-bond acceptors (Lipinski definition) is 4. The van der Waals surface area contributed by atoms with E-state index in [0.29, 0.717) is 6.42 Å². The van der Waals surface area contributed by atoms with E-state index in [4.69, 9.17) is 4.74 Å². The minimum Gasteiger partial charge on any atom is -0.383 e. The Labute approximate surface area is 105 Å². The minimum absolute atomic E-state index is 0.198. The second-order valence-electron chi connectivity index (χ2n) is 4.44. The summed E-state index contributed by atoms with van der Waals surface area (Å²) >= 11 is 0. The third kappa shape index (κ3) is 10.2. The monoisotopic (exact) mass is 245 g/mol. The molecular weight excluding hydrogens is 218 g/mol. The quantitative estimate of drug-likeness (QED) is 0.551. The Morgan fingerprint density at radius 1 is 1.18 bits per heavy atom. The van der Waals surface area contributed by atoms with Gasteiger partial charge in [-0.25, -0.2) is 0 Å². The van der Waals surface area contributed by atoms with Crippen molar-refractivity contribution in [3.8, 4) is 0 Å². The zero-order chi connectivity index (χ0) is 13.1. The highest BCUT2D eigenvalue weighted by Crippen LogP contribution is 1.91. The standard InChI is InChI=1S/C12H27N3O2/c1-14(2)12(16)6-5-7-13-8-9-15(3)10-11-17-4/h13H,5-11H2,1-4H3. The maximum Gasteiger partial charge on any atom is 0.222 e. The molecule has 0 aliphatic rings. The van der Waals surface area contributed by atoms with Crippen molar-refractivity contribution in [2.75, 3.05) is 61.0 Å². The fourth-order valence-electron chi connectivity index (χ4n) is 1.34. The smallest absolute Gasteiger partial charge is 0.222 e. The highest BCUT2D eigenvalue weighted by Gasteiger charge is 2.02. The lowest BCUT2D eigenvalue weighted by molar-refractivity contribution is -0.128. The van der Waals surface area contributed by atoms with Crippen molar-refractivity contribution < 1.29 is 9.53 Å². The van der Waals surface area contributed by atoms with E-state index in [1.165, 1.54) is 0 Å². The second-order valence-corrected chi connectivity index (χ2v) is 4.44. The van der Waals surface area contributed by atoms with Gasteiger partial charge < -0.3 is 19.9 Å². The number of nitrogens with zero attached hydrogens (tertiary/aromatic N) is 2. The number of methoxy groups -OCH3 is 1. The van der Waals surface area contributed by atoms with Crippen LogP contribution >= 0.6 is 0 Å². The number of carbonyl (C=O) groups is 1. The molecule has 0 aromatic carbocycles. The molecule has 0 radical (unpaired) electrons. The molecular formula is C12H27N3O2. The zero-order valence-electron chi connectivity index (χ0n) is 11.7. The van der Waals surface area contributed by atoms with Crippen molar-refractivity contribution in [2.45, 2.75) is 12.8 Å². The Hall–Kier alpha value is -0.650. The summed E-state index contributed by atoms with van der Waals surface area (Å²) in [6.07, 6.45) is 1.53. The van der Waals surface area contributed by atoms with Crippen LogP contribution in [0.4, 0.5) is 0 Å². The van der Waals surface area contributed by atoms with E-state index >= 15 is 0 Å². The van der Waals surface area contributed by atoms with Crippen molar-refractivity contribution in [3.63, 3.8) is 0 Å². The first-order chi connectivity index (χ1) is 8.07. The number of rotatable bonds is 10. The first-order valence-corrected chi connectivity index (χ1v) is 6.16. The SMILES string of the molecule is COCCN(C)CCNCCCC(=O)N(C)C. The largest absolute Gasteiger partial charge is 0.383 e. The molecule has 0 atom stereocenters. The summed E-state index contributed by atoms with van der Waals surface area (Å²) in [6.45, 7) is 4.59. The van der Waals surface area contributed by atoms with E-state index in [9.17, 15) is 4.79 Å². The molecule has 0 unspecified atom stereocenters. The lowest BCUT2D eigenvalue weighted by atomic mass is 10.3. The lowest BCUT2D eigenvalue weighted by Crippen LogP contribution is -2.32. The average Bonchev–Trinajstić information content (AvgIpc) is 2.30. The molecule has 0 saturated carbocycles. The fourth-order valence-corrected chi connectivity index (χ4v) is 1.34. The molecule has 1 N–H and O–H groups in total. The summed E-state index contributed by atoms with van der Waals surface area (Å²) in [5.41, 5.74) is 0. The van der Waals surface area contributed by atoms with Gasteiger partial charge in [-0.15, -0.1) is 0 Å². The van der Waals surface area contributed by atoms with Gasteiger partial charge in [-0.3, -0.25) is 4.79 Å². The Morgan fingerprint density at radius 2 is 1.88 bits per heavy atom. The summed E-state index contributed by atoms with van der Waals surface area (Å²) in [5.74, 6) is 0.198. The zero-order valence-corrected chi connectivity index (χ0v) is 11.7. The molecule has 5 nitrogen and oxygen atoms in total. The molecule has 0 aliphatic heterocycles. The van der Waals surface area contributed by atoms with Gasteiger partial charge in [0.05, 0.1) is 6.61 Å². The number of ether oxygens (including phenoxy) is 1. The van der Waals surface area contributed by atoms with Crippen LogP contribution in [0.2, 0.25) is 0 Å². The molecule has 5 heteroatoms. The normalized spacial score (nSPS) is 10.9. The van der Waals surface area contributed by atoms with E-state index in [-0.39, 0.29) is 5.91 Å². The van der Waals surface area contributed by atoms with E-state index in [2.05, 4.69) is 17.3 Å². The molecule has 0 rings (SSSR count). The molecule has 1 amide bonds. The second kappa shape index (κ2) is 10.5. The number of nitrogens with one attached hydrogen (secondary N) is 1. The highest BCUT2D eigenvalue weighted by molar-refractivity contribution is 5.75. The Morgan fingerprint density at radius 3 is 2.47 bits per heavy atom. The number of hydrogen-bond donors (Lipinski definition) is 1. The van der Waals surface area contributed by atoms with Crippen LogP contribution in [0.5, 0.6) is 0 Å². The molecule has 0 bridgehead atoms. The van der Waals surface area contributed by atoms with Crippen LogP contribution in [0.25, 0.3) is 0 Å². The van der Waals surface area contributed by atoms with Gasteiger partial charge in [-0.05, 0) is 20.0 Å². The Bertz CT molecular complexity index is 198. The summed E-state index contributed by atoms with van der Waals surface area (Å²) in [6, 6.07) is 0. The van der Waals surface area contributed by atoms with E-state index in [1.54, 1.807) is 26.1 Å². The fraction of sp³-hybridized carbons (Fsp3) is 0.917. The topological polar surface area (TPSA) is 44.8 Å². The van der Waals surface area contributed by atoms with Gasteiger partial charge in [0.1, 0.15) is 0 Å². The maximum atomic E-state index is 11.3. The van der Waals surface area contributed by atoms with Crippen LogP contribution in [0, 0.1) is 0 Å². The highest BCUT2D eigenvalue weighted by atomic mass is 16.5. The molecule has 0 aromatic rings. The molecule has 102 valence electrons. The van der Waals surface area contributed by atoms with E-state index < -0.39 is 0 Å². The average molecular weight is 245 g/mol. The predicted octanol–water partition coefficient (Wildman–Crippen LogP) is 0.0226. The summed E-state index contributed by atoms with van der Waals surface area (Å²) in [5, 5.41) is 3.33. The Kier molecular flexibility index (Phi) is 10.1. The van der Waals surface area contributed by atoms with Gasteiger partial charge in [0.2, 0.25) is 5.91 Å². The predicted molar refractivity (Wildman–Crippen MR) is 70.2 cm³/mol. The summed E-state index contributed by atoms with van der Waals surface area (Å²) in [4.78, 5) is 15.1. The van der Waals surface area contributed by atoms with E-state index in [1.807, 2.05) is 0 Å². The maximum absolute atomic E-state index is 11.3. The first kappa shape index (κ1) is 16.4. The summed E-state index contributed by atoms with van der Waals surface area (Å²) < 4.78 is 5.00. The van der Waals surface area contributed by atoms with Crippen LogP contribution in [0.3, 0.4) is 0 Å². The van der Waals surface area contributed by atoms with Crippen LogP contribution in [0.1, 0.15) is 12.8 Å². The van der Waals surface area contributed by atoms with Gasteiger partial charge in [-0.1, -0.05) is 0 Å². The molecule has 0 fully saturated rings. The number of likely N-dealkylation sites (N-methyl/N-ethyl adjacent to an activating group) is 1. The van der Waals surface area contributed by atoms with Crippen molar-refractivity contribution in [1.29, 1.82) is 0 Å². The molecule has 0 saturated heterocycles. The Balaban J connectivity index is 3.26. The van der Waals surface area contributed by atoms with Gasteiger partial charge >= 0.3 is 0 Å². The van der Waals surface area contributed by atoms with Crippen molar-refractivity contribution >= 4 is 5.91 Å². The number of carbonyl (C=O) groups excluding carboxylic acids is 1. The molecule has 17 heavy (non-hydrogen) atoms. The van der Waals surface area contributed by atoms with E-state index in [0.717, 1.165) is 39.2 Å². The van der Waals surface area contributed by atoms with Gasteiger partial charge in [0, 0.05) is 47.3 Å². The summed E-state index contributed by atoms with van der Waals surface area (Å²) in [7, 11) is 7.38. The molecule has 0 spiro atoms. The van der Waals surface area contributed by atoms with Gasteiger partial charge in [0.15, 0.2) is 0 Å². The van der Waals surface area contributed by atoms with Gasteiger partial charge in [0.25, 0.3) is 0 Å². The third-order valence-electron chi connectivity index (χ3n) is 2.59. The van der Waals surface area contributed by atoms with Crippen LogP contribution in [-0.2, 0) is 9.53 Å². The minimum atomic E-state index is 0.198. The molecule has 0 aliphatic carbocycles. The van der Waals surface area contributed by atoms with Crippen molar-refractivity contribution in [3.05, 3.63) is 0 Å². The third-order valence-corrected chi connectivity index (χ3v) is 2.59. The first-order valence-electron chi connectivity index (χ1n) is 6.16. The van der Waals surface area contributed by atoms with Crippen LogP contribution < -0.4 is 5.32 Å². The molecule has 0 aromatic heterocycles.